The number of rotatable bonds is 15. The van der Waals surface area contributed by atoms with E-state index < -0.39 is 22.0 Å². The molecule has 0 saturated heterocycles. The van der Waals surface area contributed by atoms with Crippen LogP contribution in [0, 0.1) is 24.0 Å². The molecule has 0 saturated carbocycles. The molecule has 6 rings (SSSR count). The van der Waals surface area contributed by atoms with Crippen LogP contribution in [-0.2, 0) is 10.9 Å². The number of non-ortho nitro benzene ring substituents is 1. The van der Waals surface area contributed by atoms with Crippen molar-refractivity contribution >= 4 is 44.9 Å². The van der Waals surface area contributed by atoms with Crippen LogP contribution in [0.1, 0.15) is 41.3 Å². The first kappa shape index (κ1) is 41.4. The van der Waals surface area contributed by atoms with E-state index in [2.05, 4.69) is 128 Å². The molecule has 6 aromatic carbocycles. The summed E-state index contributed by atoms with van der Waals surface area (Å²) in [5.41, 5.74) is 6.78. The third kappa shape index (κ3) is 10.1. The first-order valence-electron chi connectivity index (χ1n) is 18.8. The Balaban J connectivity index is 0.000000215. The van der Waals surface area contributed by atoms with Crippen LogP contribution in [0.25, 0.3) is 0 Å². The van der Waals surface area contributed by atoms with Gasteiger partial charge in [0.1, 0.15) is 17.2 Å². The van der Waals surface area contributed by atoms with E-state index in [1.807, 2.05) is 13.8 Å². The van der Waals surface area contributed by atoms with Crippen molar-refractivity contribution in [1.82, 2.24) is 0 Å². The average Bonchev–Trinajstić information content (AvgIpc) is 3.24. The molecule has 56 heavy (non-hydrogen) atoms. The monoisotopic (exact) mass is 767 g/mol. The second-order valence-corrected chi connectivity index (χ2v) is 15.9. The Bertz CT molecular complexity index is 1990. The van der Waals surface area contributed by atoms with Crippen LogP contribution in [0.2, 0.25) is 6.32 Å². The lowest BCUT2D eigenvalue weighted by atomic mass is 9.14. The third-order valence-corrected chi connectivity index (χ3v) is 12.6. The summed E-state index contributed by atoms with van der Waals surface area (Å²) >= 11 is 0. The Morgan fingerprint density at radius 2 is 0.964 bits per heavy atom. The van der Waals surface area contributed by atoms with Gasteiger partial charge in [0.05, 0.1) is 43.3 Å². The van der Waals surface area contributed by atoms with Crippen molar-refractivity contribution in [2.75, 3.05) is 27.1 Å². The fraction of sp³-hybridized carbons (Fsp3) is 0.213. The van der Waals surface area contributed by atoms with Crippen molar-refractivity contribution in [2.24, 2.45) is 0 Å². The number of carbonyl (C=O) groups is 1. The summed E-state index contributed by atoms with van der Waals surface area (Å²) < 4.78 is 16.2. The average molecular weight is 768 g/mol. The van der Waals surface area contributed by atoms with Crippen molar-refractivity contribution in [3.05, 3.63) is 172 Å². The van der Waals surface area contributed by atoms with Crippen LogP contribution >= 0.6 is 0 Å². The summed E-state index contributed by atoms with van der Waals surface area (Å²) in [6.07, 6.45) is 2.22. The predicted molar refractivity (Wildman–Crippen MR) is 232 cm³/mol. The molecule has 7 nitrogen and oxygen atoms in total. The van der Waals surface area contributed by atoms with Gasteiger partial charge in [0.2, 0.25) is 5.78 Å². The summed E-state index contributed by atoms with van der Waals surface area (Å²) in [5, 5.41) is 10.8. The zero-order valence-electron chi connectivity index (χ0n) is 33.1. The van der Waals surface area contributed by atoms with Crippen LogP contribution in [-0.4, -0.2) is 43.9 Å². The van der Waals surface area contributed by atoms with Gasteiger partial charge in [-0.15, -0.1) is 0 Å². The molecule has 0 aliphatic heterocycles. The SMILES string of the molecule is CCCC[B-](c1ccc(OC)cc1)(c1ccc(OC)cc1)c1ccc(OC)cc1.Cc1ccc([S+](CC(=O)c2ccc([N+](=O)[O-])cc2)c2ccc(C)cc2)cc1. The molecule has 0 spiro atoms. The van der Waals surface area contributed by atoms with E-state index >= 15 is 0 Å². The number of hydrogen-bond donors (Lipinski definition) is 0. The van der Waals surface area contributed by atoms with E-state index in [1.54, 1.807) is 21.3 Å². The van der Waals surface area contributed by atoms with Gasteiger partial charge in [-0.2, -0.15) is 22.7 Å². The minimum absolute atomic E-state index is 0.0115. The number of methoxy groups -OCH3 is 3. The lowest BCUT2D eigenvalue weighted by Gasteiger charge is -2.43. The van der Waals surface area contributed by atoms with Crippen LogP contribution in [0.3, 0.4) is 0 Å². The topological polar surface area (TPSA) is 87.9 Å². The molecule has 288 valence electrons. The van der Waals surface area contributed by atoms with Crippen molar-refractivity contribution < 1.29 is 23.9 Å². The molecule has 0 N–H and O–H groups in total. The van der Waals surface area contributed by atoms with E-state index in [4.69, 9.17) is 14.2 Å². The summed E-state index contributed by atoms with van der Waals surface area (Å²) in [6.45, 7) is 6.32. The number of hydrogen-bond acceptors (Lipinski definition) is 6. The van der Waals surface area contributed by atoms with E-state index in [0.29, 0.717) is 11.3 Å². The van der Waals surface area contributed by atoms with Crippen LogP contribution in [0.4, 0.5) is 5.69 Å². The van der Waals surface area contributed by atoms with Crippen molar-refractivity contribution in [2.45, 2.75) is 49.7 Å². The van der Waals surface area contributed by atoms with E-state index in [-0.39, 0.29) is 11.5 Å². The number of nitro benzene ring substituents is 1. The fourth-order valence-electron chi connectivity index (χ4n) is 7.08. The number of benzene rings is 6. The fourth-order valence-corrected chi connectivity index (χ4v) is 9.04. The molecule has 0 amide bonds. The Hall–Kier alpha value is -5.80. The molecule has 0 heterocycles. The summed E-state index contributed by atoms with van der Waals surface area (Å²) in [6, 6.07) is 48.0. The number of aryl methyl sites for hydroxylation is 2. The second kappa shape index (κ2) is 19.7. The van der Waals surface area contributed by atoms with Crippen LogP contribution < -0.4 is 30.6 Å². The zero-order valence-corrected chi connectivity index (χ0v) is 33.9. The van der Waals surface area contributed by atoms with Gasteiger partial charge in [0.25, 0.3) is 5.69 Å². The number of nitrogens with zero attached hydrogens (tertiary/aromatic N) is 1. The van der Waals surface area contributed by atoms with Gasteiger partial charge in [0, 0.05) is 17.7 Å². The highest BCUT2D eigenvalue weighted by Gasteiger charge is 2.31. The quantitative estimate of drug-likeness (QED) is 0.0341. The van der Waals surface area contributed by atoms with Gasteiger partial charge < -0.3 is 14.2 Å². The first-order chi connectivity index (χ1) is 27.1. The Kier molecular flexibility index (Phi) is 14.5. The smallest absolute Gasteiger partial charge is 0.269 e. The molecule has 0 aliphatic rings. The predicted octanol–water partition coefficient (Wildman–Crippen LogP) is 9.11. The maximum atomic E-state index is 12.9. The maximum Gasteiger partial charge on any atom is 0.269 e. The lowest BCUT2D eigenvalue weighted by molar-refractivity contribution is -0.384. The molecule has 9 heteroatoms. The Morgan fingerprint density at radius 1 is 0.589 bits per heavy atom. The van der Waals surface area contributed by atoms with Gasteiger partial charge in [-0.3, -0.25) is 14.9 Å². The molecule has 0 radical (unpaired) electrons. The number of unbranched alkanes of at least 4 members (excludes halogenated alkanes) is 1. The van der Waals surface area contributed by atoms with E-state index in [0.717, 1.165) is 46.2 Å². The van der Waals surface area contributed by atoms with Gasteiger partial charge in [-0.05, 0) is 86.6 Å². The van der Waals surface area contributed by atoms with Crippen LogP contribution in [0.15, 0.2) is 155 Å². The largest absolute Gasteiger partial charge is 0.497 e. The molecule has 0 aromatic heterocycles. The minimum Gasteiger partial charge on any atom is -0.497 e. The minimum atomic E-state index is -1.14. The van der Waals surface area contributed by atoms with Gasteiger partial charge in [-0.1, -0.05) is 91.6 Å². The second-order valence-electron chi connectivity index (χ2n) is 13.9. The highest BCUT2D eigenvalue weighted by molar-refractivity contribution is 7.97. The number of ketones is 1. The number of carbonyl (C=O) groups excluding carboxylic acids is 1. The van der Waals surface area contributed by atoms with Gasteiger partial charge >= 0.3 is 0 Å². The van der Waals surface area contributed by atoms with E-state index in [9.17, 15) is 14.9 Å². The molecule has 6 aromatic rings. The molecule has 0 aliphatic carbocycles. The number of nitro groups is 1. The van der Waals surface area contributed by atoms with E-state index in [1.165, 1.54) is 51.8 Å². The van der Waals surface area contributed by atoms with Crippen LogP contribution in [0.5, 0.6) is 17.2 Å². The molecule has 0 bridgehead atoms. The lowest BCUT2D eigenvalue weighted by Crippen LogP contribution is -2.66. The summed E-state index contributed by atoms with van der Waals surface area (Å²) in [4.78, 5) is 25.4. The van der Waals surface area contributed by atoms with Gasteiger partial charge in [-0.25, -0.2) is 0 Å². The number of Topliss-reactive ketones (excluding diaryl/α,β-unsaturated/α-hetero) is 1. The standard InChI is InChI=1S/C25H30BO3.C22H20NO3S/c1-5-6-19-26(20-7-13-23(27-2)14-8-20,21-9-15-24(28-3)16-10-21)22-11-17-25(29-4)18-12-22;1-16-3-11-20(12-4-16)27(21-13-5-17(2)6-14-21)15-22(24)18-7-9-19(10-8-18)23(25)26/h7-18H,5-6,19H2,1-4H3;3-14H,15H2,1-2H3/q-1;+1. The van der Waals surface area contributed by atoms with Gasteiger partial charge in [0.15, 0.2) is 15.5 Å². The Labute approximate surface area is 334 Å². The molecule has 0 unspecified atom stereocenters. The Morgan fingerprint density at radius 3 is 1.29 bits per heavy atom. The first-order valence-corrected chi connectivity index (χ1v) is 20.2. The third-order valence-electron chi connectivity index (χ3n) is 10.3. The summed E-state index contributed by atoms with van der Waals surface area (Å²) in [5.74, 6) is 2.94. The van der Waals surface area contributed by atoms with Crippen molar-refractivity contribution in [1.29, 1.82) is 0 Å². The highest BCUT2D eigenvalue weighted by Crippen LogP contribution is 2.26. The highest BCUT2D eigenvalue weighted by atomic mass is 32.2. The number of ether oxygens (including phenoxy) is 3. The van der Waals surface area contributed by atoms with Crippen molar-refractivity contribution in [3.8, 4) is 17.2 Å². The summed E-state index contributed by atoms with van der Waals surface area (Å²) in [7, 11) is 4.72. The van der Waals surface area contributed by atoms with Crippen molar-refractivity contribution in [3.63, 3.8) is 0 Å². The zero-order chi connectivity index (χ0) is 40.1. The molecular formula is C47H50BNO6S. The molecule has 0 fully saturated rings. The molecular weight excluding hydrogens is 717 g/mol. The normalized spacial score (nSPS) is 11.0. The molecule has 0 atom stereocenters. The maximum absolute atomic E-state index is 12.9.